The summed E-state index contributed by atoms with van der Waals surface area (Å²) in [5.74, 6) is 0.181. The summed E-state index contributed by atoms with van der Waals surface area (Å²) < 4.78 is 9.96. The van der Waals surface area contributed by atoms with Crippen molar-refractivity contribution in [1.29, 1.82) is 0 Å². The summed E-state index contributed by atoms with van der Waals surface area (Å²) in [4.78, 5) is 11.4. The third-order valence-electron chi connectivity index (χ3n) is 2.08. The highest BCUT2D eigenvalue weighted by molar-refractivity contribution is 6.34. The quantitative estimate of drug-likeness (QED) is 0.649. The van der Waals surface area contributed by atoms with E-state index in [1.165, 1.54) is 7.11 Å². The third-order valence-corrected chi connectivity index (χ3v) is 2.52. The monoisotopic (exact) mass is 243 g/mol. The zero-order valence-electron chi connectivity index (χ0n) is 9.25. The number of hydrogen-bond donors (Lipinski definition) is 1. The Hall–Kier alpha value is -1.42. The van der Waals surface area contributed by atoms with Crippen LogP contribution in [0, 0.1) is 0 Å². The second kappa shape index (κ2) is 5.61. The van der Waals surface area contributed by atoms with Crippen LogP contribution in [-0.2, 0) is 16.0 Å². The maximum absolute atomic E-state index is 11.4. The second-order valence-electron chi connectivity index (χ2n) is 3.13. The molecule has 0 aliphatic heterocycles. The molecule has 88 valence electrons. The average Bonchev–Trinajstić information content (AvgIpc) is 2.25. The van der Waals surface area contributed by atoms with Crippen molar-refractivity contribution in [1.82, 2.24) is 0 Å². The van der Waals surface area contributed by atoms with Crippen molar-refractivity contribution >= 4 is 23.3 Å². The Kier molecular flexibility index (Phi) is 4.43. The molecule has 5 heteroatoms. The Morgan fingerprint density at radius 1 is 1.50 bits per heavy atom. The first-order chi connectivity index (χ1) is 7.60. The molecule has 0 atom stereocenters. The first-order valence-electron chi connectivity index (χ1n) is 4.86. The average molecular weight is 244 g/mol. The summed E-state index contributed by atoms with van der Waals surface area (Å²) in [5.41, 5.74) is 6.63. The van der Waals surface area contributed by atoms with Gasteiger partial charge in [-0.2, -0.15) is 0 Å². The van der Waals surface area contributed by atoms with Crippen molar-refractivity contribution in [2.24, 2.45) is 0 Å². The van der Waals surface area contributed by atoms with Crippen molar-refractivity contribution in [3.8, 4) is 5.75 Å². The summed E-state index contributed by atoms with van der Waals surface area (Å²) in [6, 6.07) is 3.31. The van der Waals surface area contributed by atoms with Crippen LogP contribution in [0.1, 0.15) is 12.5 Å². The number of nitrogens with two attached hydrogens (primary N) is 1. The van der Waals surface area contributed by atoms with Crippen LogP contribution in [0.5, 0.6) is 5.75 Å². The fourth-order valence-electron chi connectivity index (χ4n) is 1.33. The van der Waals surface area contributed by atoms with E-state index in [0.29, 0.717) is 28.6 Å². The smallest absolute Gasteiger partial charge is 0.310 e. The Morgan fingerprint density at radius 3 is 2.75 bits per heavy atom. The molecule has 0 radical (unpaired) electrons. The van der Waals surface area contributed by atoms with Gasteiger partial charge in [0.1, 0.15) is 5.75 Å². The van der Waals surface area contributed by atoms with E-state index in [2.05, 4.69) is 0 Å². The molecule has 1 aromatic carbocycles. The fourth-order valence-corrected chi connectivity index (χ4v) is 1.56. The van der Waals surface area contributed by atoms with Crippen LogP contribution < -0.4 is 10.5 Å². The van der Waals surface area contributed by atoms with E-state index in [1.807, 2.05) is 0 Å². The number of carbonyl (C=O) groups is 1. The van der Waals surface area contributed by atoms with Crippen molar-refractivity contribution in [2.75, 3.05) is 19.5 Å². The van der Waals surface area contributed by atoms with Gasteiger partial charge in [0.05, 0.1) is 30.8 Å². The Labute approximate surface area is 99.3 Å². The van der Waals surface area contributed by atoms with Gasteiger partial charge in [0.2, 0.25) is 0 Å². The second-order valence-corrected chi connectivity index (χ2v) is 3.51. The Bertz CT molecular complexity index is 393. The lowest BCUT2D eigenvalue weighted by Gasteiger charge is -2.11. The molecule has 0 aliphatic carbocycles. The fraction of sp³-hybridized carbons (Fsp3) is 0.364. The number of anilines is 1. The van der Waals surface area contributed by atoms with Gasteiger partial charge in [0.25, 0.3) is 0 Å². The molecule has 16 heavy (non-hydrogen) atoms. The van der Waals surface area contributed by atoms with Crippen LogP contribution in [-0.4, -0.2) is 19.7 Å². The summed E-state index contributed by atoms with van der Waals surface area (Å²) in [6.07, 6.45) is 0.0564. The van der Waals surface area contributed by atoms with Crippen LogP contribution in [0.2, 0.25) is 5.02 Å². The molecule has 0 amide bonds. The molecule has 4 nitrogen and oxygen atoms in total. The normalized spacial score (nSPS) is 9.94. The topological polar surface area (TPSA) is 61.5 Å². The number of nitrogen functional groups attached to an aromatic ring is 1. The number of carbonyl (C=O) groups excluding carboxylic acids is 1. The minimum Gasteiger partial charge on any atom is -0.496 e. The Balaban J connectivity index is 3.00. The number of methoxy groups -OCH3 is 1. The lowest BCUT2D eigenvalue weighted by atomic mass is 10.1. The minimum absolute atomic E-state index is 0.0564. The number of hydrogen-bond acceptors (Lipinski definition) is 4. The predicted octanol–water partition coefficient (Wildman–Crippen LogP) is 2.04. The van der Waals surface area contributed by atoms with Gasteiger partial charge in [0.15, 0.2) is 0 Å². The molecular weight excluding hydrogens is 230 g/mol. The lowest BCUT2D eigenvalue weighted by molar-refractivity contribution is -0.142. The van der Waals surface area contributed by atoms with Crippen molar-refractivity contribution in [3.05, 3.63) is 22.7 Å². The standard InChI is InChI=1S/C11H14ClNO3/c1-3-16-10(14)6-7-9(15-2)5-4-8(13)11(7)12/h4-5H,3,6,13H2,1-2H3. The van der Waals surface area contributed by atoms with E-state index in [1.54, 1.807) is 19.1 Å². The summed E-state index contributed by atoms with van der Waals surface area (Å²) >= 11 is 6.01. The van der Waals surface area contributed by atoms with Gasteiger partial charge in [-0.15, -0.1) is 0 Å². The van der Waals surface area contributed by atoms with Gasteiger partial charge < -0.3 is 15.2 Å². The third kappa shape index (κ3) is 2.79. The summed E-state index contributed by atoms with van der Waals surface area (Å²) in [5, 5.41) is 0.340. The maximum Gasteiger partial charge on any atom is 0.310 e. The minimum atomic E-state index is -0.353. The number of halogens is 1. The van der Waals surface area contributed by atoms with E-state index in [0.717, 1.165) is 0 Å². The van der Waals surface area contributed by atoms with Gasteiger partial charge in [-0.3, -0.25) is 4.79 Å². The number of ether oxygens (including phenoxy) is 2. The van der Waals surface area contributed by atoms with Gasteiger partial charge in [-0.25, -0.2) is 0 Å². The molecule has 1 rings (SSSR count). The van der Waals surface area contributed by atoms with Gasteiger partial charge in [-0.1, -0.05) is 11.6 Å². The van der Waals surface area contributed by atoms with Crippen LogP contribution in [0.3, 0.4) is 0 Å². The van der Waals surface area contributed by atoms with E-state index in [9.17, 15) is 4.79 Å². The van der Waals surface area contributed by atoms with Gasteiger partial charge in [0, 0.05) is 5.56 Å². The number of benzene rings is 1. The molecule has 0 saturated carbocycles. The zero-order valence-corrected chi connectivity index (χ0v) is 10.0. The first-order valence-corrected chi connectivity index (χ1v) is 5.24. The van der Waals surface area contributed by atoms with E-state index < -0.39 is 0 Å². The molecular formula is C11H14ClNO3. The number of rotatable bonds is 4. The van der Waals surface area contributed by atoms with E-state index in [-0.39, 0.29) is 12.4 Å². The van der Waals surface area contributed by atoms with Gasteiger partial charge in [-0.05, 0) is 19.1 Å². The molecule has 1 aromatic rings. The van der Waals surface area contributed by atoms with E-state index >= 15 is 0 Å². The molecule has 0 spiro atoms. The van der Waals surface area contributed by atoms with Crippen LogP contribution in [0.15, 0.2) is 12.1 Å². The molecule has 0 saturated heterocycles. The Morgan fingerprint density at radius 2 is 2.19 bits per heavy atom. The highest BCUT2D eigenvalue weighted by Crippen LogP contribution is 2.31. The summed E-state index contributed by atoms with van der Waals surface area (Å²) in [6.45, 7) is 2.08. The van der Waals surface area contributed by atoms with Crippen molar-refractivity contribution in [3.63, 3.8) is 0 Å². The SMILES string of the molecule is CCOC(=O)Cc1c(OC)ccc(N)c1Cl. The first kappa shape index (κ1) is 12.6. The molecule has 0 unspecified atom stereocenters. The molecule has 0 fully saturated rings. The maximum atomic E-state index is 11.4. The van der Waals surface area contributed by atoms with Crippen LogP contribution in [0.4, 0.5) is 5.69 Å². The largest absolute Gasteiger partial charge is 0.496 e. The summed E-state index contributed by atoms with van der Waals surface area (Å²) in [7, 11) is 1.51. The highest BCUT2D eigenvalue weighted by Gasteiger charge is 2.15. The molecule has 0 aromatic heterocycles. The van der Waals surface area contributed by atoms with Crippen molar-refractivity contribution < 1.29 is 14.3 Å². The van der Waals surface area contributed by atoms with Crippen molar-refractivity contribution in [2.45, 2.75) is 13.3 Å². The van der Waals surface area contributed by atoms with Crippen LogP contribution >= 0.6 is 11.6 Å². The highest BCUT2D eigenvalue weighted by atomic mass is 35.5. The van der Waals surface area contributed by atoms with Gasteiger partial charge >= 0.3 is 5.97 Å². The molecule has 0 bridgehead atoms. The predicted molar refractivity (Wildman–Crippen MR) is 62.8 cm³/mol. The molecule has 0 aliphatic rings. The molecule has 2 N–H and O–H groups in total. The van der Waals surface area contributed by atoms with Crippen LogP contribution in [0.25, 0.3) is 0 Å². The number of esters is 1. The zero-order chi connectivity index (χ0) is 12.1. The van der Waals surface area contributed by atoms with E-state index in [4.69, 9.17) is 26.8 Å². The molecule has 0 heterocycles. The lowest BCUT2D eigenvalue weighted by Crippen LogP contribution is -2.09.